The van der Waals surface area contributed by atoms with Gasteiger partial charge in [-0.3, -0.25) is 10.4 Å². The van der Waals surface area contributed by atoms with Crippen LogP contribution >= 0.6 is 0 Å². The van der Waals surface area contributed by atoms with E-state index in [1.54, 1.807) is 26.1 Å². The Kier molecular flexibility index (Phi) is 3.41. The van der Waals surface area contributed by atoms with E-state index >= 15 is 0 Å². The number of nitrogens with zero attached hydrogens (tertiary/aromatic N) is 1. The van der Waals surface area contributed by atoms with Gasteiger partial charge >= 0.3 is 0 Å². The summed E-state index contributed by atoms with van der Waals surface area (Å²) >= 11 is 0. The van der Waals surface area contributed by atoms with Crippen LogP contribution in [-0.2, 0) is 0 Å². The summed E-state index contributed by atoms with van der Waals surface area (Å²) < 4.78 is 13.1. The van der Waals surface area contributed by atoms with Crippen molar-refractivity contribution in [1.82, 2.24) is 5.43 Å². The number of aryl methyl sites for hydroxylation is 1. The largest absolute Gasteiger partial charge is 0.325 e. The molecule has 1 aromatic rings. The normalized spacial score (nSPS) is 11.3. The summed E-state index contributed by atoms with van der Waals surface area (Å²) in [5.41, 5.74) is 3.56. The summed E-state index contributed by atoms with van der Waals surface area (Å²) in [6.07, 6.45) is 0. The predicted molar refractivity (Wildman–Crippen MR) is 55.4 cm³/mol. The van der Waals surface area contributed by atoms with Crippen molar-refractivity contribution >= 4 is 11.6 Å². The molecule has 0 saturated carbocycles. The molecule has 0 atom stereocenters. The van der Waals surface area contributed by atoms with E-state index in [4.69, 9.17) is 5.84 Å². The molecule has 4 N–H and O–H groups in total. The van der Waals surface area contributed by atoms with E-state index in [2.05, 4.69) is 15.7 Å². The Bertz CT molecular complexity index is 349. The molecule has 1 rings (SSSR count). The summed E-state index contributed by atoms with van der Waals surface area (Å²) in [7, 11) is 1.58. The lowest BCUT2D eigenvalue weighted by Gasteiger charge is -2.08. The number of anilines is 1. The summed E-state index contributed by atoms with van der Waals surface area (Å²) in [4.78, 5) is 3.80. The molecule has 1 aromatic carbocycles. The van der Waals surface area contributed by atoms with Gasteiger partial charge in [0.15, 0.2) is 0 Å². The maximum absolute atomic E-state index is 13.1. The molecule has 0 aliphatic carbocycles. The van der Waals surface area contributed by atoms with Crippen LogP contribution in [0.3, 0.4) is 0 Å². The number of rotatable bonds is 1. The molecule has 76 valence electrons. The van der Waals surface area contributed by atoms with Gasteiger partial charge in [-0.1, -0.05) is 6.07 Å². The van der Waals surface area contributed by atoms with E-state index in [-0.39, 0.29) is 5.82 Å². The first kappa shape index (κ1) is 10.5. The van der Waals surface area contributed by atoms with Gasteiger partial charge in [-0.05, 0) is 24.6 Å². The fourth-order valence-electron chi connectivity index (χ4n) is 0.964. The van der Waals surface area contributed by atoms with Crippen molar-refractivity contribution < 1.29 is 4.39 Å². The Hall–Kier alpha value is -1.62. The van der Waals surface area contributed by atoms with Crippen molar-refractivity contribution in [2.75, 3.05) is 12.4 Å². The van der Waals surface area contributed by atoms with Gasteiger partial charge in [-0.25, -0.2) is 10.2 Å². The first-order valence-corrected chi connectivity index (χ1v) is 4.14. The van der Waals surface area contributed by atoms with Crippen LogP contribution in [0.1, 0.15) is 5.56 Å². The Balaban J connectivity index is 2.82. The minimum Gasteiger partial charge on any atom is -0.325 e. The SMILES string of the molecule is CN=C(NN)Nc1ccc(C)c(F)c1. The van der Waals surface area contributed by atoms with Crippen LogP contribution in [0, 0.1) is 12.7 Å². The zero-order chi connectivity index (χ0) is 10.6. The molecule has 4 nitrogen and oxygen atoms in total. The molecule has 0 aliphatic heterocycles. The highest BCUT2D eigenvalue weighted by atomic mass is 19.1. The van der Waals surface area contributed by atoms with Crippen LogP contribution in [-0.4, -0.2) is 13.0 Å². The lowest BCUT2D eigenvalue weighted by molar-refractivity contribution is 0.619. The van der Waals surface area contributed by atoms with Crippen molar-refractivity contribution in [2.45, 2.75) is 6.92 Å². The van der Waals surface area contributed by atoms with Crippen LogP contribution in [0.2, 0.25) is 0 Å². The average Bonchev–Trinajstić information content (AvgIpc) is 2.19. The van der Waals surface area contributed by atoms with Crippen molar-refractivity contribution in [2.24, 2.45) is 10.8 Å². The Morgan fingerprint density at radius 3 is 2.71 bits per heavy atom. The number of guanidine groups is 1. The fourth-order valence-corrected chi connectivity index (χ4v) is 0.964. The molecule has 0 aliphatic rings. The molecular weight excluding hydrogens is 183 g/mol. The van der Waals surface area contributed by atoms with Crippen LogP contribution in [0.25, 0.3) is 0 Å². The highest BCUT2D eigenvalue weighted by molar-refractivity contribution is 5.93. The number of hydrogen-bond acceptors (Lipinski definition) is 2. The number of benzene rings is 1. The highest BCUT2D eigenvalue weighted by Crippen LogP contribution is 2.12. The topological polar surface area (TPSA) is 62.4 Å². The van der Waals surface area contributed by atoms with E-state index in [0.717, 1.165) is 0 Å². The minimum atomic E-state index is -0.262. The molecule has 0 fully saturated rings. The van der Waals surface area contributed by atoms with Crippen LogP contribution in [0.15, 0.2) is 23.2 Å². The minimum absolute atomic E-state index is 0.262. The monoisotopic (exact) mass is 196 g/mol. The number of hydrazine groups is 1. The highest BCUT2D eigenvalue weighted by Gasteiger charge is 2.00. The molecule has 5 heteroatoms. The van der Waals surface area contributed by atoms with Gasteiger partial charge in [-0.15, -0.1) is 0 Å². The third-order valence-electron chi connectivity index (χ3n) is 1.79. The second-order valence-corrected chi connectivity index (χ2v) is 2.81. The van der Waals surface area contributed by atoms with E-state index in [0.29, 0.717) is 17.2 Å². The van der Waals surface area contributed by atoms with Gasteiger partial charge in [0.1, 0.15) is 5.82 Å². The standard InChI is InChI=1S/C9H13FN4/c1-6-3-4-7(5-8(6)10)13-9(12-2)14-11/h3-5H,11H2,1-2H3,(H2,12,13,14). The van der Waals surface area contributed by atoms with Gasteiger partial charge in [0, 0.05) is 12.7 Å². The molecule has 0 saturated heterocycles. The summed E-state index contributed by atoms with van der Waals surface area (Å²) in [6, 6.07) is 4.82. The molecule has 0 heterocycles. The van der Waals surface area contributed by atoms with Crippen molar-refractivity contribution in [3.05, 3.63) is 29.6 Å². The Morgan fingerprint density at radius 2 is 2.21 bits per heavy atom. The molecule has 0 radical (unpaired) electrons. The third-order valence-corrected chi connectivity index (χ3v) is 1.79. The first-order valence-electron chi connectivity index (χ1n) is 4.14. The van der Waals surface area contributed by atoms with E-state index in [1.165, 1.54) is 6.07 Å². The first-order chi connectivity index (χ1) is 6.67. The maximum Gasteiger partial charge on any atom is 0.209 e. The second-order valence-electron chi connectivity index (χ2n) is 2.81. The molecular formula is C9H13FN4. The van der Waals surface area contributed by atoms with Crippen LogP contribution in [0.4, 0.5) is 10.1 Å². The summed E-state index contributed by atoms with van der Waals surface area (Å²) in [5, 5.41) is 2.82. The van der Waals surface area contributed by atoms with Crippen LogP contribution in [0.5, 0.6) is 0 Å². The Labute approximate surface area is 82.0 Å². The third kappa shape index (κ3) is 2.43. The fraction of sp³-hybridized carbons (Fsp3) is 0.222. The van der Waals surface area contributed by atoms with Gasteiger partial charge in [0.2, 0.25) is 5.96 Å². The zero-order valence-corrected chi connectivity index (χ0v) is 8.13. The second kappa shape index (κ2) is 4.57. The molecule has 14 heavy (non-hydrogen) atoms. The van der Waals surface area contributed by atoms with E-state index in [9.17, 15) is 4.39 Å². The number of aliphatic imine (C=N–C) groups is 1. The Morgan fingerprint density at radius 1 is 1.50 bits per heavy atom. The predicted octanol–water partition coefficient (Wildman–Crippen LogP) is 0.995. The van der Waals surface area contributed by atoms with Crippen molar-refractivity contribution in [3.8, 4) is 0 Å². The van der Waals surface area contributed by atoms with Gasteiger partial charge in [0.05, 0.1) is 0 Å². The molecule has 0 unspecified atom stereocenters. The van der Waals surface area contributed by atoms with Gasteiger partial charge in [-0.2, -0.15) is 0 Å². The van der Waals surface area contributed by atoms with E-state index < -0.39 is 0 Å². The lowest BCUT2D eigenvalue weighted by Crippen LogP contribution is -2.36. The average molecular weight is 196 g/mol. The number of hydrogen-bond donors (Lipinski definition) is 3. The summed E-state index contributed by atoms with van der Waals surface area (Å²) in [5.74, 6) is 5.28. The van der Waals surface area contributed by atoms with Gasteiger partial charge < -0.3 is 5.32 Å². The van der Waals surface area contributed by atoms with Crippen molar-refractivity contribution in [3.63, 3.8) is 0 Å². The molecule has 0 bridgehead atoms. The molecule has 0 spiro atoms. The molecule has 0 aromatic heterocycles. The smallest absolute Gasteiger partial charge is 0.209 e. The van der Waals surface area contributed by atoms with Crippen molar-refractivity contribution in [1.29, 1.82) is 0 Å². The molecule has 0 amide bonds. The number of halogens is 1. The zero-order valence-electron chi connectivity index (χ0n) is 8.13. The van der Waals surface area contributed by atoms with Crippen LogP contribution < -0.4 is 16.6 Å². The maximum atomic E-state index is 13.1. The lowest BCUT2D eigenvalue weighted by atomic mass is 10.2. The number of nitrogens with one attached hydrogen (secondary N) is 2. The van der Waals surface area contributed by atoms with Gasteiger partial charge in [0.25, 0.3) is 0 Å². The van der Waals surface area contributed by atoms with E-state index in [1.807, 2.05) is 0 Å². The number of nitrogens with two attached hydrogens (primary N) is 1. The summed E-state index contributed by atoms with van der Waals surface area (Å²) in [6.45, 7) is 1.70. The quantitative estimate of drug-likeness (QED) is 0.272.